The molecule has 0 amide bonds. The Kier molecular flexibility index (Phi) is 4.18. The van der Waals surface area contributed by atoms with Crippen LogP contribution < -0.4 is 10.5 Å². The summed E-state index contributed by atoms with van der Waals surface area (Å²) in [6, 6.07) is 8.39. The molecule has 1 fully saturated rings. The first kappa shape index (κ1) is 15.7. The van der Waals surface area contributed by atoms with Crippen molar-refractivity contribution in [2.75, 3.05) is 31.1 Å². The average molecular weight is 334 g/mol. The summed E-state index contributed by atoms with van der Waals surface area (Å²) in [5, 5.41) is 0. The lowest BCUT2D eigenvalue weighted by Crippen LogP contribution is -2.50. The third-order valence-corrected chi connectivity index (χ3v) is 5.83. The van der Waals surface area contributed by atoms with Crippen LogP contribution in [0.25, 0.3) is 0 Å². The van der Waals surface area contributed by atoms with Crippen LogP contribution in [0.4, 0.5) is 5.82 Å². The number of hydrogen-bond donors (Lipinski definition) is 0. The van der Waals surface area contributed by atoms with Gasteiger partial charge in [-0.3, -0.25) is 4.79 Å². The number of hydrogen-bond acceptors (Lipinski definition) is 5. The maximum Gasteiger partial charge on any atom is 0.293 e. The maximum atomic E-state index is 12.6. The Morgan fingerprint density at radius 1 is 1.04 bits per heavy atom. The number of benzene rings is 1. The molecule has 2 heterocycles. The van der Waals surface area contributed by atoms with E-state index < -0.39 is 10.0 Å². The number of aromatic nitrogens is 2. The van der Waals surface area contributed by atoms with Gasteiger partial charge in [-0.05, 0) is 12.1 Å². The quantitative estimate of drug-likeness (QED) is 0.806. The van der Waals surface area contributed by atoms with E-state index in [1.54, 1.807) is 49.8 Å². The standard InChI is InChI=1S/C15H18N4O3S/c1-17-8-7-16-14(15(17)20)18-9-11-19(12-10-18)23(21,22)13-5-3-2-4-6-13/h2-8H,9-12H2,1H3. The predicted molar refractivity (Wildman–Crippen MR) is 86.9 cm³/mol. The molecule has 1 aliphatic rings. The highest BCUT2D eigenvalue weighted by Crippen LogP contribution is 2.18. The highest BCUT2D eigenvalue weighted by molar-refractivity contribution is 7.89. The van der Waals surface area contributed by atoms with E-state index in [0.717, 1.165) is 0 Å². The zero-order valence-electron chi connectivity index (χ0n) is 12.8. The zero-order chi connectivity index (χ0) is 16.4. The Balaban J connectivity index is 1.76. The van der Waals surface area contributed by atoms with E-state index in [2.05, 4.69) is 4.98 Å². The van der Waals surface area contributed by atoms with Gasteiger partial charge in [0.25, 0.3) is 5.56 Å². The lowest BCUT2D eigenvalue weighted by molar-refractivity contribution is 0.383. The first-order valence-electron chi connectivity index (χ1n) is 7.32. The summed E-state index contributed by atoms with van der Waals surface area (Å²) in [7, 11) is -1.81. The number of anilines is 1. The fourth-order valence-electron chi connectivity index (χ4n) is 2.58. The number of piperazine rings is 1. The first-order valence-corrected chi connectivity index (χ1v) is 8.76. The van der Waals surface area contributed by atoms with Crippen molar-refractivity contribution in [3.63, 3.8) is 0 Å². The number of aryl methyl sites for hydroxylation is 1. The summed E-state index contributed by atoms with van der Waals surface area (Å²) in [5.74, 6) is 0.367. The highest BCUT2D eigenvalue weighted by atomic mass is 32.2. The second-order valence-corrected chi connectivity index (χ2v) is 7.31. The number of rotatable bonds is 3. The lowest BCUT2D eigenvalue weighted by Gasteiger charge is -2.34. The Bertz CT molecular complexity index is 841. The molecule has 0 radical (unpaired) electrons. The fourth-order valence-corrected chi connectivity index (χ4v) is 4.03. The summed E-state index contributed by atoms with van der Waals surface area (Å²) < 4.78 is 28.1. The third kappa shape index (κ3) is 2.99. The lowest BCUT2D eigenvalue weighted by atomic mass is 10.3. The van der Waals surface area contributed by atoms with Gasteiger partial charge in [-0.15, -0.1) is 0 Å². The van der Waals surface area contributed by atoms with Crippen molar-refractivity contribution in [1.29, 1.82) is 0 Å². The largest absolute Gasteiger partial charge is 0.349 e. The zero-order valence-corrected chi connectivity index (χ0v) is 13.6. The Hall–Kier alpha value is -2.19. The normalized spacial score (nSPS) is 16.5. The second-order valence-electron chi connectivity index (χ2n) is 5.37. The van der Waals surface area contributed by atoms with E-state index in [-0.39, 0.29) is 5.56 Å². The molecule has 0 spiro atoms. The number of sulfonamides is 1. The minimum Gasteiger partial charge on any atom is -0.349 e. The van der Waals surface area contributed by atoms with Crippen LogP contribution in [0.2, 0.25) is 0 Å². The molecule has 122 valence electrons. The smallest absolute Gasteiger partial charge is 0.293 e. The van der Waals surface area contributed by atoms with Gasteiger partial charge in [-0.25, -0.2) is 13.4 Å². The van der Waals surface area contributed by atoms with E-state index in [9.17, 15) is 13.2 Å². The Morgan fingerprint density at radius 3 is 2.35 bits per heavy atom. The molecule has 1 saturated heterocycles. The molecule has 0 saturated carbocycles. The molecule has 23 heavy (non-hydrogen) atoms. The van der Waals surface area contributed by atoms with Gasteiger partial charge in [0.05, 0.1) is 4.90 Å². The fraction of sp³-hybridized carbons (Fsp3) is 0.333. The van der Waals surface area contributed by atoms with Crippen LogP contribution in [-0.2, 0) is 17.1 Å². The van der Waals surface area contributed by atoms with Crippen molar-refractivity contribution in [3.05, 3.63) is 53.1 Å². The first-order chi connectivity index (χ1) is 11.0. The van der Waals surface area contributed by atoms with Crippen LogP contribution in [0.3, 0.4) is 0 Å². The summed E-state index contributed by atoms with van der Waals surface area (Å²) >= 11 is 0. The van der Waals surface area contributed by atoms with Crippen molar-refractivity contribution in [3.8, 4) is 0 Å². The third-order valence-electron chi connectivity index (χ3n) is 3.92. The summed E-state index contributed by atoms with van der Waals surface area (Å²) in [5.41, 5.74) is -0.174. The van der Waals surface area contributed by atoms with Crippen molar-refractivity contribution >= 4 is 15.8 Å². The van der Waals surface area contributed by atoms with Crippen LogP contribution in [0.1, 0.15) is 0 Å². The summed E-state index contributed by atoms with van der Waals surface area (Å²) in [6.07, 6.45) is 3.17. The average Bonchev–Trinajstić information content (AvgIpc) is 2.58. The second kappa shape index (κ2) is 6.13. The Morgan fingerprint density at radius 2 is 1.70 bits per heavy atom. The minimum absolute atomic E-state index is 0.174. The van der Waals surface area contributed by atoms with Gasteiger partial charge < -0.3 is 9.47 Å². The summed E-state index contributed by atoms with van der Waals surface area (Å²) in [4.78, 5) is 18.4. The minimum atomic E-state index is -3.48. The molecule has 7 nitrogen and oxygen atoms in total. The summed E-state index contributed by atoms with van der Waals surface area (Å²) in [6.45, 7) is 1.55. The van der Waals surface area contributed by atoms with Crippen LogP contribution in [-0.4, -0.2) is 48.5 Å². The van der Waals surface area contributed by atoms with Crippen molar-refractivity contribution in [1.82, 2.24) is 13.9 Å². The number of nitrogens with zero attached hydrogens (tertiary/aromatic N) is 4. The van der Waals surface area contributed by atoms with Gasteiger partial charge in [0, 0.05) is 45.6 Å². The Labute approximate surface area is 134 Å². The van der Waals surface area contributed by atoms with E-state index >= 15 is 0 Å². The predicted octanol–water partition coefficient (Wildman–Crippen LogP) is 0.291. The molecule has 0 unspecified atom stereocenters. The molecule has 0 N–H and O–H groups in total. The van der Waals surface area contributed by atoms with Gasteiger partial charge in [0.1, 0.15) is 0 Å². The molecule has 0 atom stereocenters. The monoisotopic (exact) mass is 334 g/mol. The SMILES string of the molecule is Cn1ccnc(N2CCN(S(=O)(=O)c3ccccc3)CC2)c1=O. The van der Waals surface area contributed by atoms with E-state index in [4.69, 9.17) is 0 Å². The van der Waals surface area contributed by atoms with Gasteiger partial charge in [-0.1, -0.05) is 18.2 Å². The van der Waals surface area contributed by atoms with Crippen LogP contribution in [0, 0.1) is 0 Å². The molecule has 2 aromatic rings. The van der Waals surface area contributed by atoms with Gasteiger partial charge in [0.2, 0.25) is 10.0 Å². The maximum absolute atomic E-state index is 12.6. The molecule has 0 bridgehead atoms. The van der Waals surface area contributed by atoms with Crippen molar-refractivity contribution in [2.45, 2.75) is 4.90 Å². The molecular weight excluding hydrogens is 316 g/mol. The van der Waals surface area contributed by atoms with Crippen LogP contribution in [0.5, 0.6) is 0 Å². The van der Waals surface area contributed by atoms with Gasteiger partial charge in [-0.2, -0.15) is 4.31 Å². The molecule has 1 aliphatic heterocycles. The topological polar surface area (TPSA) is 75.5 Å². The van der Waals surface area contributed by atoms with E-state index in [1.807, 2.05) is 4.90 Å². The molecular formula is C15H18N4O3S. The molecule has 8 heteroatoms. The molecule has 1 aromatic carbocycles. The molecule has 0 aliphatic carbocycles. The van der Waals surface area contributed by atoms with Gasteiger partial charge >= 0.3 is 0 Å². The van der Waals surface area contributed by atoms with Crippen LogP contribution >= 0.6 is 0 Å². The molecule has 1 aromatic heterocycles. The van der Waals surface area contributed by atoms with Crippen molar-refractivity contribution < 1.29 is 8.42 Å². The van der Waals surface area contributed by atoms with E-state index in [0.29, 0.717) is 36.9 Å². The van der Waals surface area contributed by atoms with Gasteiger partial charge in [0.15, 0.2) is 5.82 Å². The highest BCUT2D eigenvalue weighted by Gasteiger charge is 2.29. The molecule has 3 rings (SSSR count). The van der Waals surface area contributed by atoms with Crippen molar-refractivity contribution in [2.24, 2.45) is 7.05 Å². The van der Waals surface area contributed by atoms with E-state index in [1.165, 1.54) is 8.87 Å². The van der Waals surface area contributed by atoms with Crippen LogP contribution in [0.15, 0.2) is 52.4 Å².